The molecule has 0 unspecified atom stereocenters. The van der Waals surface area contributed by atoms with Crippen LogP contribution in [0.15, 0.2) is 42.9 Å². The smallest absolute Gasteiger partial charge is 0.181 e. The number of nitrogens with zero attached hydrogens (tertiary/aromatic N) is 5. The Morgan fingerprint density at radius 1 is 1.24 bits per heavy atom. The molecule has 0 radical (unpaired) electrons. The van der Waals surface area contributed by atoms with Crippen molar-refractivity contribution >= 4 is 5.78 Å². The summed E-state index contributed by atoms with van der Waals surface area (Å²) in [6, 6.07) is 11.5. The Morgan fingerprint density at radius 2 is 2.00 bits per heavy atom. The highest BCUT2D eigenvalue weighted by atomic mass is 16.1. The predicted molar refractivity (Wildman–Crippen MR) is 109 cm³/mol. The number of nitriles is 1. The van der Waals surface area contributed by atoms with Crippen molar-refractivity contribution in [3.05, 3.63) is 65.4 Å². The van der Waals surface area contributed by atoms with Gasteiger partial charge in [0.2, 0.25) is 0 Å². The summed E-state index contributed by atoms with van der Waals surface area (Å²) >= 11 is 0. The van der Waals surface area contributed by atoms with Crippen LogP contribution >= 0.6 is 0 Å². The summed E-state index contributed by atoms with van der Waals surface area (Å²) in [6.07, 6.45) is 6.35. The normalized spacial score (nSPS) is 13.4. The Kier molecular flexibility index (Phi) is 5.22. The van der Waals surface area contributed by atoms with Crippen LogP contribution in [0, 0.1) is 11.3 Å². The molecule has 2 heterocycles. The molecule has 6 heteroatoms. The molecule has 1 aliphatic rings. The summed E-state index contributed by atoms with van der Waals surface area (Å²) in [5.74, 6) is 0.484. The molecule has 2 aromatic heterocycles. The van der Waals surface area contributed by atoms with Gasteiger partial charge in [0.15, 0.2) is 5.78 Å². The van der Waals surface area contributed by atoms with Crippen molar-refractivity contribution < 1.29 is 4.79 Å². The summed E-state index contributed by atoms with van der Waals surface area (Å²) in [6.45, 7) is 4.10. The van der Waals surface area contributed by atoms with Gasteiger partial charge in [-0.2, -0.15) is 10.4 Å². The zero-order valence-electron chi connectivity index (χ0n) is 16.7. The molecule has 6 nitrogen and oxygen atoms in total. The number of carbonyl (C=O) groups is 1. The van der Waals surface area contributed by atoms with Gasteiger partial charge in [-0.05, 0) is 57.2 Å². The molecular formula is C23H23N5O. The highest BCUT2D eigenvalue weighted by Crippen LogP contribution is 2.46. The molecule has 1 aliphatic carbocycles. The Bertz CT molecular complexity index is 1060. The number of aromatic nitrogens is 4. The van der Waals surface area contributed by atoms with Crippen LogP contribution < -0.4 is 0 Å². The molecule has 29 heavy (non-hydrogen) atoms. The second-order valence-electron chi connectivity index (χ2n) is 7.74. The minimum Gasteiger partial charge on any atom is -0.292 e. The highest BCUT2D eigenvalue weighted by molar-refractivity contribution is 5.98. The van der Waals surface area contributed by atoms with Crippen LogP contribution in [-0.2, 0) is 6.42 Å². The van der Waals surface area contributed by atoms with Gasteiger partial charge in [-0.1, -0.05) is 12.1 Å². The Balaban J connectivity index is 1.72. The first-order valence-corrected chi connectivity index (χ1v) is 9.99. The molecule has 0 N–H and O–H groups in total. The molecule has 0 aliphatic heterocycles. The number of carbonyl (C=O) groups excluding carboxylic acids is 1. The summed E-state index contributed by atoms with van der Waals surface area (Å²) in [5.41, 5.74) is 5.11. The topological polar surface area (TPSA) is 84.5 Å². The van der Waals surface area contributed by atoms with Gasteiger partial charge in [0.25, 0.3) is 0 Å². The third kappa shape index (κ3) is 3.95. The third-order valence-electron chi connectivity index (χ3n) is 5.22. The molecular weight excluding hydrogens is 362 g/mol. The van der Waals surface area contributed by atoms with E-state index in [1.165, 1.54) is 6.33 Å². The molecule has 0 spiro atoms. The van der Waals surface area contributed by atoms with Crippen molar-refractivity contribution in [3.8, 4) is 17.3 Å². The fraction of sp³-hybridized carbons (Fsp3) is 0.348. The molecule has 1 fully saturated rings. The Morgan fingerprint density at radius 3 is 2.59 bits per heavy atom. The fourth-order valence-electron chi connectivity index (χ4n) is 3.60. The maximum atomic E-state index is 13.3. The Labute approximate surface area is 170 Å². The van der Waals surface area contributed by atoms with Gasteiger partial charge >= 0.3 is 0 Å². The minimum atomic E-state index is 0.0811. The first kappa shape index (κ1) is 19.0. The van der Waals surface area contributed by atoms with E-state index in [4.69, 9.17) is 10.4 Å². The van der Waals surface area contributed by atoms with Gasteiger partial charge in [-0.15, -0.1) is 0 Å². The molecule has 3 aromatic rings. The SMILES string of the molecule is CC(C)n1nc(-c2ccc(C#N)cc2)c(C2CC2)c1C(=O)CCc1ccncn1. The van der Waals surface area contributed by atoms with Gasteiger partial charge < -0.3 is 0 Å². The van der Waals surface area contributed by atoms with Gasteiger partial charge in [0.1, 0.15) is 12.0 Å². The van der Waals surface area contributed by atoms with Crippen LogP contribution in [0.25, 0.3) is 11.3 Å². The van der Waals surface area contributed by atoms with E-state index in [2.05, 4.69) is 16.0 Å². The van der Waals surface area contributed by atoms with Crippen molar-refractivity contribution in [1.82, 2.24) is 19.7 Å². The summed E-state index contributed by atoms with van der Waals surface area (Å²) in [4.78, 5) is 21.5. The third-order valence-corrected chi connectivity index (χ3v) is 5.22. The zero-order chi connectivity index (χ0) is 20.4. The molecule has 4 rings (SSSR count). The van der Waals surface area contributed by atoms with Crippen molar-refractivity contribution in [1.29, 1.82) is 5.26 Å². The lowest BCUT2D eigenvalue weighted by atomic mass is 9.97. The fourth-order valence-corrected chi connectivity index (χ4v) is 3.60. The van der Waals surface area contributed by atoms with Crippen LogP contribution in [-0.4, -0.2) is 25.5 Å². The van der Waals surface area contributed by atoms with Crippen LogP contribution in [0.4, 0.5) is 0 Å². The molecule has 0 atom stereocenters. The van der Waals surface area contributed by atoms with Gasteiger partial charge in [-0.25, -0.2) is 9.97 Å². The number of rotatable bonds is 7. The molecule has 1 saturated carbocycles. The number of aryl methyl sites for hydroxylation is 1. The monoisotopic (exact) mass is 385 g/mol. The number of benzene rings is 1. The maximum absolute atomic E-state index is 13.3. The van der Waals surface area contributed by atoms with E-state index in [-0.39, 0.29) is 11.8 Å². The van der Waals surface area contributed by atoms with E-state index in [1.807, 2.05) is 36.7 Å². The average molecular weight is 385 g/mol. The summed E-state index contributed by atoms with van der Waals surface area (Å²) in [5, 5.41) is 13.9. The molecule has 0 saturated heterocycles. The highest BCUT2D eigenvalue weighted by Gasteiger charge is 2.35. The van der Waals surface area contributed by atoms with Crippen molar-refractivity contribution in [3.63, 3.8) is 0 Å². The second kappa shape index (κ2) is 7.96. The van der Waals surface area contributed by atoms with E-state index in [1.54, 1.807) is 18.3 Å². The van der Waals surface area contributed by atoms with Crippen LogP contribution in [0.5, 0.6) is 0 Å². The number of ketones is 1. The average Bonchev–Trinajstić information content (AvgIpc) is 3.51. The van der Waals surface area contributed by atoms with Crippen molar-refractivity contribution in [2.45, 2.75) is 51.5 Å². The van der Waals surface area contributed by atoms with Crippen LogP contribution in [0.3, 0.4) is 0 Å². The van der Waals surface area contributed by atoms with Gasteiger partial charge in [0.05, 0.1) is 17.3 Å². The number of hydrogen-bond donors (Lipinski definition) is 0. The van der Waals surface area contributed by atoms with Gasteiger partial charge in [0, 0.05) is 35.5 Å². The first-order chi connectivity index (χ1) is 14.1. The molecule has 0 amide bonds. The maximum Gasteiger partial charge on any atom is 0.181 e. The zero-order valence-corrected chi connectivity index (χ0v) is 16.7. The lowest BCUT2D eigenvalue weighted by molar-refractivity contribution is 0.0969. The lowest BCUT2D eigenvalue weighted by Gasteiger charge is -2.11. The lowest BCUT2D eigenvalue weighted by Crippen LogP contribution is -2.15. The number of hydrogen-bond acceptors (Lipinski definition) is 5. The van der Waals surface area contributed by atoms with Crippen molar-refractivity contribution in [2.75, 3.05) is 0 Å². The molecule has 1 aromatic carbocycles. The van der Waals surface area contributed by atoms with E-state index in [0.29, 0.717) is 24.3 Å². The van der Waals surface area contributed by atoms with E-state index in [0.717, 1.165) is 41.1 Å². The standard InChI is InChI=1S/C23H23N5O/c1-15(2)28-23(20(29)10-9-19-11-12-25-14-26-19)21(17-7-8-17)22(27-28)18-5-3-16(13-24)4-6-18/h3-6,11-12,14-15,17H,7-10H2,1-2H3. The molecule has 146 valence electrons. The summed E-state index contributed by atoms with van der Waals surface area (Å²) < 4.78 is 1.88. The van der Waals surface area contributed by atoms with Crippen LogP contribution in [0.2, 0.25) is 0 Å². The summed E-state index contributed by atoms with van der Waals surface area (Å²) in [7, 11) is 0. The largest absolute Gasteiger partial charge is 0.292 e. The first-order valence-electron chi connectivity index (χ1n) is 9.99. The second-order valence-corrected chi connectivity index (χ2v) is 7.74. The van der Waals surface area contributed by atoms with E-state index < -0.39 is 0 Å². The van der Waals surface area contributed by atoms with Gasteiger partial charge in [-0.3, -0.25) is 9.48 Å². The number of Topliss-reactive ketones (excluding diaryl/α,β-unsaturated/α-hetero) is 1. The van der Waals surface area contributed by atoms with E-state index >= 15 is 0 Å². The predicted octanol–water partition coefficient (Wildman–Crippen LogP) is 4.49. The minimum absolute atomic E-state index is 0.0811. The quantitative estimate of drug-likeness (QED) is 0.560. The van der Waals surface area contributed by atoms with Crippen LogP contribution in [0.1, 0.15) is 72.4 Å². The van der Waals surface area contributed by atoms with E-state index in [9.17, 15) is 4.79 Å². The Hall–Kier alpha value is -3.33. The molecule has 0 bridgehead atoms. The van der Waals surface area contributed by atoms with Crippen molar-refractivity contribution in [2.24, 2.45) is 0 Å².